The van der Waals surface area contributed by atoms with Crippen LogP contribution in [0.4, 0.5) is 0 Å². The van der Waals surface area contributed by atoms with E-state index in [2.05, 4.69) is 72.8 Å². The SMILES string of the molecule is Oc1ccc(C2(c3ccc(O)cc3)CCCc3ccc4cc5ccccc5cc4c32)cc1. The molecule has 1 aliphatic rings. The number of benzene rings is 5. The number of hydrogen-bond donors (Lipinski definition) is 2. The second-order valence-electron chi connectivity index (χ2n) is 8.87. The molecule has 0 saturated carbocycles. The summed E-state index contributed by atoms with van der Waals surface area (Å²) in [5.74, 6) is 0.545. The molecule has 0 aliphatic heterocycles. The quantitative estimate of drug-likeness (QED) is 0.302. The fourth-order valence-corrected chi connectivity index (χ4v) is 5.68. The molecule has 0 atom stereocenters. The minimum absolute atomic E-state index is 0.273. The molecule has 0 amide bonds. The van der Waals surface area contributed by atoms with E-state index in [0.29, 0.717) is 0 Å². The molecule has 0 spiro atoms. The van der Waals surface area contributed by atoms with Gasteiger partial charge in [0.2, 0.25) is 0 Å². The summed E-state index contributed by atoms with van der Waals surface area (Å²) in [4.78, 5) is 0. The van der Waals surface area contributed by atoms with Crippen LogP contribution in [0.1, 0.15) is 35.1 Å². The monoisotopic (exact) mass is 416 g/mol. The van der Waals surface area contributed by atoms with Crippen molar-refractivity contribution in [2.45, 2.75) is 24.7 Å². The van der Waals surface area contributed by atoms with Gasteiger partial charge in [-0.1, -0.05) is 60.7 Å². The van der Waals surface area contributed by atoms with Crippen LogP contribution in [0.2, 0.25) is 0 Å². The minimum Gasteiger partial charge on any atom is -0.508 e. The Hall–Kier alpha value is -3.78. The van der Waals surface area contributed by atoms with Gasteiger partial charge in [-0.25, -0.2) is 0 Å². The average molecular weight is 417 g/mol. The molecule has 0 radical (unpaired) electrons. The predicted octanol–water partition coefficient (Wildman–Crippen LogP) is 7.07. The molecule has 2 heteroatoms. The molecule has 0 heterocycles. The Bertz CT molecular complexity index is 1400. The van der Waals surface area contributed by atoms with Crippen LogP contribution in [-0.2, 0) is 11.8 Å². The molecule has 1 aliphatic carbocycles. The largest absolute Gasteiger partial charge is 0.508 e. The van der Waals surface area contributed by atoms with Crippen LogP contribution in [0.5, 0.6) is 11.5 Å². The Morgan fingerprint density at radius 3 is 1.81 bits per heavy atom. The van der Waals surface area contributed by atoms with E-state index < -0.39 is 0 Å². The number of rotatable bonds is 2. The van der Waals surface area contributed by atoms with Gasteiger partial charge in [-0.05, 0) is 99.5 Å². The lowest BCUT2D eigenvalue weighted by molar-refractivity contribution is 0.469. The highest BCUT2D eigenvalue weighted by atomic mass is 16.3. The van der Waals surface area contributed by atoms with Gasteiger partial charge in [0, 0.05) is 5.41 Å². The molecule has 32 heavy (non-hydrogen) atoms. The summed E-state index contributed by atoms with van der Waals surface area (Å²) in [6.07, 6.45) is 3.10. The summed E-state index contributed by atoms with van der Waals surface area (Å²) in [6.45, 7) is 0. The van der Waals surface area contributed by atoms with E-state index in [0.717, 1.165) is 19.3 Å². The first-order valence-corrected chi connectivity index (χ1v) is 11.2. The Labute approximate surface area is 187 Å². The number of aryl methyl sites for hydroxylation is 1. The van der Waals surface area contributed by atoms with E-state index in [1.54, 1.807) is 24.3 Å². The van der Waals surface area contributed by atoms with E-state index in [1.807, 2.05) is 0 Å². The lowest BCUT2D eigenvalue weighted by Gasteiger charge is -2.41. The van der Waals surface area contributed by atoms with Crippen LogP contribution in [0, 0.1) is 0 Å². The van der Waals surface area contributed by atoms with Crippen LogP contribution < -0.4 is 0 Å². The minimum atomic E-state index is -0.350. The van der Waals surface area contributed by atoms with Gasteiger partial charge in [0.15, 0.2) is 0 Å². The van der Waals surface area contributed by atoms with Crippen molar-refractivity contribution in [2.75, 3.05) is 0 Å². The zero-order chi connectivity index (χ0) is 21.7. The highest BCUT2D eigenvalue weighted by molar-refractivity contribution is 6.01. The first-order chi connectivity index (χ1) is 15.6. The van der Waals surface area contributed by atoms with Gasteiger partial charge in [0.25, 0.3) is 0 Å². The summed E-state index contributed by atoms with van der Waals surface area (Å²) < 4.78 is 0. The summed E-state index contributed by atoms with van der Waals surface area (Å²) in [7, 11) is 0. The maximum atomic E-state index is 10.00. The summed E-state index contributed by atoms with van der Waals surface area (Å²) in [5.41, 5.74) is 4.71. The van der Waals surface area contributed by atoms with Gasteiger partial charge in [0.1, 0.15) is 11.5 Å². The molecule has 156 valence electrons. The zero-order valence-corrected chi connectivity index (χ0v) is 17.8. The molecule has 5 aromatic rings. The van der Waals surface area contributed by atoms with Crippen molar-refractivity contribution >= 4 is 21.5 Å². The van der Waals surface area contributed by atoms with Crippen molar-refractivity contribution in [3.05, 3.63) is 119 Å². The topological polar surface area (TPSA) is 40.5 Å². The third-order valence-electron chi connectivity index (χ3n) is 7.12. The van der Waals surface area contributed by atoms with Gasteiger partial charge in [-0.15, -0.1) is 0 Å². The molecular formula is C30H24O2. The van der Waals surface area contributed by atoms with Crippen LogP contribution >= 0.6 is 0 Å². The van der Waals surface area contributed by atoms with Crippen molar-refractivity contribution < 1.29 is 10.2 Å². The van der Waals surface area contributed by atoms with Gasteiger partial charge in [-0.3, -0.25) is 0 Å². The second-order valence-corrected chi connectivity index (χ2v) is 8.87. The fourth-order valence-electron chi connectivity index (χ4n) is 5.68. The molecule has 2 N–H and O–H groups in total. The Morgan fingerprint density at radius 2 is 1.19 bits per heavy atom. The first kappa shape index (κ1) is 18.9. The van der Waals surface area contributed by atoms with E-state index in [9.17, 15) is 10.2 Å². The normalized spacial score (nSPS) is 15.0. The molecule has 2 nitrogen and oxygen atoms in total. The Kier molecular flexibility index (Phi) is 4.22. The van der Waals surface area contributed by atoms with Crippen molar-refractivity contribution in [3.63, 3.8) is 0 Å². The maximum absolute atomic E-state index is 10.00. The van der Waals surface area contributed by atoms with Gasteiger partial charge in [0.05, 0.1) is 0 Å². The number of aromatic hydroxyl groups is 2. The maximum Gasteiger partial charge on any atom is 0.115 e. The third kappa shape index (κ3) is 2.80. The van der Waals surface area contributed by atoms with Crippen LogP contribution in [0.3, 0.4) is 0 Å². The molecule has 0 fully saturated rings. The van der Waals surface area contributed by atoms with Crippen molar-refractivity contribution in [1.29, 1.82) is 0 Å². The Morgan fingerprint density at radius 1 is 0.594 bits per heavy atom. The molecule has 5 aromatic carbocycles. The van der Waals surface area contributed by atoms with Crippen molar-refractivity contribution in [1.82, 2.24) is 0 Å². The average Bonchev–Trinajstić information content (AvgIpc) is 2.83. The van der Waals surface area contributed by atoms with E-state index in [-0.39, 0.29) is 16.9 Å². The predicted molar refractivity (Wildman–Crippen MR) is 130 cm³/mol. The van der Waals surface area contributed by atoms with Crippen molar-refractivity contribution in [3.8, 4) is 11.5 Å². The number of phenols is 2. The molecule has 0 bridgehead atoms. The highest BCUT2D eigenvalue weighted by Crippen LogP contribution is 2.51. The van der Waals surface area contributed by atoms with Crippen LogP contribution in [0.15, 0.2) is 97.1 Å². The van der Waals surface area contributed by atoms with E-state index >= 15 is 0 Å². The lowest BCUT2D eigenvalue weighted by atomic mass is 9.61. The summed E-state index contributed by atoms with van der Waals surface area (Å²) in [6, 6.07) is 33.1. The molecule has 0 unspecified atom stereocenters. The molecular weight excluding hydrogens is 392 g/mol. The number of fused-ring (bicyclic) bond motifs is 4. The second kappa shape index (κ2) is 7.13. The smallest absolute Gasteiger partial charge is 0.115 e. The van der Waals surface area contributed by atoms with Crippen LogP contribution in [-0.4, -0.2) is 10.2 Å². The highest BCUT2D eigenvalue weighted by Gasteiger charge is 2.41. The van der Waals surface area contributed by atoms with E-state index in [1.165, 1.54) is 43.8 Å². The molecule has 6 rings (SSSR count). The number of hydrogen-bond acceptors (Lipinski definition) is 2. The summed E-state index contributed by atoms with van der Waals surface area (Å²) in [5, 5.41) is 25.0. The zero-order valence-electron chi connectivity index (χ0n) is 17.8. The van der Waals surface area contributed by atoms with Crippen molar-refractivity contribution in [2.24, 2.45) is 0 Å². The first-order valence-electron chi connectivity index (χ1n) is 11.2. The molecule has 0 aromatic heterocycles. The van der Waals surface area contributed by atoms with E-state index in [4.69, 9.17) is 0 Å². The Balaban J connectivity index is 1.75. The fraction of sp³-hybridized carbons (Fsp3) is 0.133. The molecule has 0 saturated heterocycles. The van der Waals surface area contributed by atoms with Gasteiger partial charge in [-0.2, -0.15) is 0 Å². The van der Waals surface area contributed by atoms with Crippen LogP contribution in [0.25, 0.3) is 21.5 Å². The number of phenolic OH excluding ortho intramolecular Hbond substituents is 2. The standard InChI is InChI=1S/C30H24O2/c31-26-13-9-24(10-14-26)30(25-11-15-27(32)16-12-25)17-3-6-20-7-8-23-18-21-4-1-2-5-22(21)19-28(23)29(20)30/h1-2,4-5,7-16,18-19,31-32H,3,6,17H2. The van der Waals surface area contributed by atoms with Gasteiger partial charge >= 0.3 is 0 Å². The van der Waals surface area contributed by atoms with Gasteiger partial charge < -0.3 is 10.2 Å². The lowest BCUT2D eigenvalue weighted by Crippen LogP contribution is -2.34. The third-order valence-corrected chi connectivity index (χ3v) is 7.12. The summed E-state index contributed by atoms with van der Waals surface area (Å²) >= 11 is 0.